The van der Waals surface area contributed by atoms with Crippen LogP contribution >= 0.6 is 0 Å². The summed E-state index contributed by atoms with van der Waals surface area (Å²) in [5, 5.41) is 0. The van der Waals surface area contributed by atoms with E-state index in [2.05, 4.69) is 51.8 Å². The summed E-state index contributed by atoms with van der Waals surface area (Å²) in [5.74, 6) is 1.98. The van der Waals surface area contributed by atoms with Crippen LogP contribution in [0.2, 0.25) is 0 Å². The molecule has 0 saturated carbocycles. The molecule has 3 nitrogen and oxygen atoms in total. The summed E-state index contributed by atoms with van der Waals surface area (Å²) in [5.41, 5.74) is 1.05. The van der Waals surface area contributed by atoms with E-state index >= 15 is 0 Å². The molecule has 0 amide bonds. The first kappa shape index (κ1) is 17.0. The van der Waals surface area contributed by atoms with Gasteiger partial charge in [-0.3, -0.25) is 9.79 Å². The topological polar surface area (TPSA) is 38.7 Å². The fraction of sp³-hybridized carbons (Fsp3) is 0.684. The highest BCUT2D eigenvalue weighted by Gasteiger charge is 2.38. The highest BCUT2D eigenvalue weighted by atomic mass is 16.5. The van der Waals surface area contributed by atoms with Gasteiger partial charge in [-0.25, -0.2) is 0 Å². The Bertz CT molecular complexity index is 490. The van der Waals surface area contributed by atoms with Crippen LogP contribution in [0.1, 0.15) is 47.5 Å². The van der Waals surface area contributed by atoms with Gasteiger partial charge in [0, 0.05) is 30.3 Å². The molecule has 0 N–H and O–H groups in total. The van der Waals surface area contributed by atoms with Gasteiger partial charge in [0.15, 0.2) is 0 Å². The first-order valence-electron chi connectivity index (χ1n) is 8.49. The van der Waals surface area contributed by atoms with Crippen molar-refractivity contribution in [2.75, 3.05) is 0 Å². The van der Waals surface area contributed by atoms with E-state index < -0.39 is 0 Å². The van der Waals surface area contributed by atoms with Crippen molar-refractivity contribution in [3.63, 3.8) is 0 Å². The van der Waals surface area contributed by atoms with Crippen LogP contribution in [0.15, 0.2) is 28.9 Å². The molecule has 0 aromatic carbocycles. The van der Waals surface area contributed by atoms with Gasteiger partial charge in [-0.1, -0.05) is 46.8 Å². The van der Waals surface area contributed by atoms with E-state index in [1.807, 2.05) is 12.4 Å². The zero-order chi connectivity index (χ0) is 16.3. The number of ether oxygens (including phenoxy) is 1. The van der Waals surface area contributed by atoms with Crippen molar-refractivity contribution < 1.29 is 9.53 Å². The van der Waals surface area contributed by atoms with Crippen LogP contribution in [0, 0.1) is 29.6 Å². The number of carbonyl (C=O) groups excluding carboxylic acids is 1. The summed E-state index contributed by atoms with van der Waals surface area (Å²) < 4.78 is 5.84. The lowest BCUT2D eigenvalue weighted by Crippen LogP contribution is -2.31. The summed E-state index contributed by atoms with van der Waals surface area (Å²) in [6, 6.07) is 0. The van der Waals surface area contributed by atoms with Crippen molar-refractivity contribution in [1.29, 1.82) is 0 Å². The summed E-state index contributed by atoms with van der Waals surface area (Å²) in [7, 11) is 0. The minimum Gasteiger partial charge on any atom is -0.457 e. The summed E-state index contributed by atoms with van der Waals surface area (Å²) in [6.45, 7) is 11.0. The van der Waals surface area contributed by atoms with E-state index in [4.69, 9.17) is 4.74 Å². The van der Waals surface area contributed by atoms with Crippen LogP contribution in [-0.2, 0) is 9.53 Å². The fourth-order valence-electron chi connectivity index (χ4n) is 3.63. The Labute approximate surface area is 134 Å². The molecule has 2 aliphatic rings. The molecule has 2 heterocycles. The average molecular weight is 303 g/mol. The highest BCUT2D eigenvalue weighted by molar-refractivity contribution is 5.82. The van der Waals surface area contributed by atoms with E-state index in [-0.39, 0.29) is 12.1 Å². The molecule has 0 aromatic heterocycles. The molecule has 1 saturated heterocycles. The van der Waals surface area contributed by atoms with Crippen molar-refractivity contribution in [1.82, 2.24) is 0 Å². The van der Waals surface area contributed by atoms with Crippen molar-refractivity contribution in [3.8, 4) is 0 Å². The standard InChI is InChI=1S/C19H29NO2/c1-12(2)17-10-18(21)22-19(15(5)14(17)4)16-9-13(3)7-6-8-20-11-16/h6,8-9,11-15,17,19H,7,10H2,1-5H3/b8-6+,16-9+,20-11-/t13?,14?,15-,17?,19+/m1/s1. The van der Waals surface area contributed by atoms with Crippen molar-refractivity contribution in [3.05, 3.63) is 23.9 Å². The summed E-state index contributed by atoms with van der Waals surface area (Å²) >= 11 is 0. The molecule has 0 aliphatic carbocycles. The maximum atomic E-state index is 12.3. The number of carbonyl (C=O) groups is 1. The second-order valence-corrected chi connectivity index (χ2v) is 7.28. The molecule has 0 aromatic rings. The van der Waals surface area contributed by atoms with Crippen molar-refractivity contribution in [2.24, 2.45) is 34.6 Å². The normalized spacial score (nSPS) is 41.6. The number of aliphatic imine (C=N–C) groups is 1. The molecule has 1 fully saturated rings. The second-order valence-electron chi connectivity index (χ2n) is 7.28. The third-order valence-electron chi connectivity index (χ3n) is 5.23. The number of nitrogens with zero attached hydrogens (tertiary/aromatic N) is 1. The monoisotopic (exact) mass is 303 g/mol. The van der Waals surface area contributed by atoms with Crippen LogP contribution < -0.4 is 0 Å². The summed E-state index contributed by atoms with van der Waals surface area (Å²) in [4.78, 5) is 16.6. The zero-order valence-corrected chi connectivity index (χ0v) is 14.5. The van der Waals surface area contributed by atoms with Gasteiger partial charge >= 0.3 is 5.97 Å². The molecular weight excluding hydrogens is 274 g/mol. The van der Waals surface area contributed by atoms with Crippen LogP contribution in [0.4, 0.5) is 0 Å². The third kappa shape index (κ3) is 3.88. The van der Waals surface area contributed by atoms with E-state index in [1.165, 1.54) is 0 Å². The predicted octanol–water partition coefficient (Wildman–Crippen LogP) is 4.40. The minimum absolute atomic E-state index is 0.0699. The molecule has 0 bridgehead atoms. The van der Waals surface area contributed by atoms with Gasteiger partial charge in [0.2, 0.25) is 0 Å². The van der Waals surface area contributed by atoms with Crippen molar-refractivity contribution in [2.45, 2.75) is 53.6 Å². The highest BCUT2D eigenvalue weighted by Crippen LogP contribution is 2.38. The zero-order valence-electron chi connectivity index (χ0n) is 14.5. The molecular formula is C19H29NO2. The third-order valence-corrected chi connectivity index (χ3v) is 5.23. The van der Waals surface area contributed by atoms with Gasteiger partial charge in [-0.05, 0) is 30.1 Å². The molecule has 2 aliphatic heterocycles. The lowest BCUT2D eigenvalue weighted by atomic mass is 9.74. The maximum Gasteiger partial charge on any atom is 0.306 e. The number of esters is 1. The first-order chi connectivity index (χ1) is 10.4. The largest absolute Gasteiger partial charge is 0.457 e. The van der Waals surface area contributed by atoms with Crippen molar-refractivity contribution >= 4 is 12.2 Å². The summed E-state index contributed by atoms with van der Waals surface area (Å²) in [6.07, 6.45) is 9.32. The molecule has 0 radical (unpaired) electrons. The van der Waals surface area contributed by atoms with Gasteiger partial charge < -0.3 is 4.74 Å². The van der Waals surface area contributed by atoms with Gasteiger partial charge in [0.1, 0.15) is 6.10 Å². The molecule has 3 unspecified atom stereocenters. The van der Waals surface area contributed by atoms with Gasteiger partial charge in [0.25, 0.3) is 0 Å². The maximum absolute atomic E-state index is 12.3. The average Bonchev–Trinajstić information content (AvgIpc) is 2.54. The fourth-order valence-corrected chi connectivity index (χ4v) is 3.63. The van der Waals surface area contributed by atoms with Gasteiger partial charge in [-0.2, -0.15) is 0 Å². The number of cyclic esters (lactones) is 1. The van der Waals surface area contributed by atoms with E-state index in [9.17, 15) is 4.79 Å². The van der Waals surface area contributed by atoms with Crippen LogP contribution in [0.5, 0.6) is 0 Å². The van der Waals surface area contributed by atoms with Gasteiger partial charge in [-0.15, -0.1) is 0 Å². The minimum atomic E-state index is -0.177. The van der Waals surface area contributed by atoms with E-state index in [1.54, 1.807) is 0 Å². The molecule has 122 valence electrons. The Kier molecular flexibility index (Phi) is 5.60. The van der Waals surface area contributed by atoms with Crippen LogP contribution in [-0.4, -0.2) is 18.3 Å². The number of rotatable bonds is 2. The molecule has 5 atom stereocenters. The van der Waals surface area contributed by atoms with E-state index in [0.717, 1.165) is 12.0 Å². The molecule has 22 heavy (non-hydrogen) atoms. The van der Waals surface area contributed by atoms with Gasteiger partial charge in [0.05, 0.1) is 0 Å². The smallest absolute Gasteiger partial charge is 0.306 e. The number of hydrogen-bond acceptors (Lipinski definition) is 3. The first-order valence-corrected chi connectivity index (χ1v) is 8.49. The lowest BCUT2D eigenvalue weighted by molar-refractivity contribution is -0.148. The van der Waals surface area contributed by atoms with Crippen LogP contribution in [0.25, 0.3) is 0 Å². The second kappa shape index (κ2) is 7.26. The number of hydrogen-bond donors (Lipinski definition) is 0. The Hall–Kier alpha value is -1.38. The van der Waals surface area contributed by atoms with E-state index in [0.29, 0.717) is 36.0 Å². The SMILES string of the molecule is CC1\C=C([C@H]2OC(=O)CC(C(C)C)C(C)[C@H]2C)/C=N\C=C\C1. The Morgan fingerprint density at radius 2 is 1.95 bits per heavy atom. The predicted molar refractivity (Wildman–Crippen MR) is 90.6 cm³/mol. The lowest BCUT2D eigenvalue weighted by Gasteiger charge is -2.31. The Morgan fingerprint density at radius 3 is 2.64 bits per heavy atom. The Morgan fingerprint density at radius 1 is 1.23 bits per heavy atom. The quantitative estimate of drug-likeness (QED) is 0.709. The molecule has 3 heteroatoms. The Balaban J connectivity index is 2.31. The number of allylic oxidation sites excluding steroid dienone is 2. The van der Waals surface area contributed by atoms with Crippen LogP contribution in [0.3, 0.4) is 0 Å². The molecule has 2 rings (SSSR count). The molecule has 0 spiro atoms.